The average Bonchev–Trinajstić information content (AvgIpc) is 3.90. The molecule has 11 nitrogen and oxygen atoms in total. The summed E-state index contributed by atoms with van der Waals surface area (Å²) in [6.07, 6.45) is 7.68. The number of ether oxygens (including phenoxy) is 2. The van der Waals surface area contributed by atoms with Crippen LogP contribution in [0.3, 0.4) is 0 Å². The Morgan fingerprint density at radius 1 is 1.00 bits per heavy atom. The lowest BCUT2D eigenvalue weighted by molar-refractivity contribution is -0.116. The van der Waals surface area contributed by atoms with Crippen LogP contribution in [0.4, 0.5) is 17.1 Å². The maximum atomic E-state index is 14.3. The molecule has 0 unspecified atom stereocenters. The van der Waals surface area contributed by atoms with Crippen molar-refractivity contribution in [2.45, 2.75) is 103 Å². The number of aliphatic hydroxyl groups is 1. The maximum absolute atomic E-state index is 14.3. The highest BCUT2D eigenvalue weighted by molar-refractivity contribution is 6.00. The Labute approximate surface area is 298 Å². The van der Waals surface area contributed by atoms with Gasteiger partial charge in [-0.2, -0.15) is 0 Å². The number of nitrogens with one attached hydrogen (secondary N) is 2. The van der Waals surface area contributed by atoms with Gasteiger partial charge >= 0.3 is 0 Å². The van der Waals surface area contributed by atoms with E-state index in [0.29, 0.717) is 67.2 Å². The number of hydrogen-bond donors (Lipinski definition) is 4. The van der Waals surface area contributed by atoms with Crippen molar-refractivity contribution in [1.29, 1.82) is 0 Å². The van der Waals surface area contributed by atoms with Crippen molar-refractivity contribution >= 4 is 34.8 Å². The van der Waals surface area contributed by atoms with Gasteiger partial charge < -0.3 is 40.7 Å². The molecule has 1 aliphatic carbocycles. The molecule has 1 saturated carbocycles. The van der Waals surface area contributed by atoms with Gasteiger partial charge in [-0.1, -0.05) is 25.5 Å². The Hall–Kier alpha value is -3.67. The number of nitrogens with two attached hydrogens (primary N) is 1. The molecule has 1 fully saturated rings. The van der Waals surface area contributed by atoms with Crippen LogP contribution in [0.1, 0.15) is 95.3 Å². The molecular formula is C39H59N5O6. The van der Waals surface area contributed by atoms with E-state index < -0.39 is 6.04 Å². The summed E-state index contributed by atoms with van der Waals surface area (Å²) in [5.74, 6) is 0.724. The van der Waals surface area contributed by atoms with Gasteiger partial charge in [0.25, 0.3) is 5.91 Å². The molecule has 2 aromatic carbocycles. The normalized spacial score (nSPS) is 21.1. The lowest BCUT2D eigenvalue weighted by atomic mass is 10.0. The third kappa shape index (κ3) is 12.6. The van der Waals surface area contributed by atoms with Crippen LogP contribution < -0.4 is 21.1 Å². The van der Waals surface area contributed by atoms with Crippen molar-refractivity contribution in [2.24, 2.45) is 11.8 Å². The lowest BCUT2D eigenvalue weighted by Crippen LogP contribution is -2.47. The number of para-hydroxylation sites is 2. The van der Waals surface area contributed by atoms with E-state index in [-0.39, 0.29) is 48.9 Å². The van der Waals surface area contributed by atoms with E-state index in [9.17, 15) is 19.5 Å². The highest BCUT2D eigenvalue weighted by Gasteiger charge is 2.31. The Morgan fingerprint density at radius 2 is 1.72 bits per heavy atom. The number of likely N-dealkylation sites (N-methyl/N-ethyl adjacent to an activating group) is 1. The average molecular weight is 694 g/mol. The first-order valence-corrected chi connectivity index (χ1v) is 18.5. The van der Waals surface area contributed by atoms with Crippen LogP contribution in [0.5, 0.6) is 5.75 Å². The van der Waals surface area contributed by atoms with Crippen LogP contribution in [0.15, 0.2) is 42.5 Å². The summed E-state index contributed by atoms with van der Waals surface area (Å²) < 4.78 is 12.8. The van der Waals surface area contributed by atoms with Gasteiger partial charge in [-0.25, -0.2) is 0 Å². The fourth-order valence-corrected chi connectivity index (χ4v) is 6.38. The zero-order chi connectivity index (χ0) is 36.0. The predicted molar refractivity (Wildman–Crippen MR) is 198 cm³/mol. The Morgan fingerprint density at radius 3 is 2.42 bits per heavy atom. The van der Waals surface area contributed by atoms with E-state index in [2.05, 4.69) is 29.5 Å². The molecule has 0 spiro atoms. The second kappa shape index (κ2) is 19.7. The third-order valence-electron chi connectivity index (χ3n) is 9.64. The molecule has 0 radical (unpaired) electrons. The first-order valence-electron chi connectivity index (χ1n) is 18.5. The number of amides is 3. The Balaban J connectivity index is 1.40. The molecule has 11 heteroatoms. The van der Waals surface area contributed by atoms with Crippen molar-refractivity contribution in [3.8, 4) is 5.75 Å². The smallest absolute Gasteiger partial charge is 0.258 e. The molecule has 2 aromatic rings. The number of carbonyl (C=O) groups excluding carboxylic acids is 3. The Bertz CT molecular complexity index is 1400. The molecule has 5 N–H and O–H groups in total. The van der Waals surface area contributed by atoms with Crippen LogP contribution in [-0.2, 0) is 14.3 Å². The van der Waals surface area contributed by atoms with E-state index in [0.717, 1.165) is 38.3 Å². The molecule has 0 aromatic heterocycles. The molecule has 4 rings (SSSR count). The summed E-state index contributed by atoms with van der Waals surface area (Å²) in [6.45, 7) is 8.69. The Kier molecular flexibility index (Phi) is 15.4. The number of unbranched alkanes of at least 4 members (excludes halogenated alkanes) is 2. The number of anilines is 3. The van der Waals surface area contributed by atoms with Gasteiger partial charge in [-0.05, 0) is 102 Å². The van der Waals surface area contributed by atoms with Crippen molar-refractivity contribution in [3.63, 3.8) is 0 Å². The standard InChI is InChI=1S/C39H59N5O6/c1-27-23-44(28(2)26-45)39(48)32-22-31(41-37(46)15-6-5-7-16-38(47)42-34-14-9-8-13-33(34)40)19-20-35(32)50-29(3)12-10-11-21-49-36(27)25-43(4)24-30-17-18-30/h8-9,13-14,19-20,22,27-30,36,45H,5-7,10-12,15-18,21,23-26,40H2,1-4H3,(H,41,46)(H,42,47)/t27-,28+,29+,36-/m0/s1. The molecule has 4 atom stereocenters. The molecule has 1 aliphatic heterocycles. The number of benzene rings is 2. The minimum atomic E-state index is -0.432. The van der Waals surface area contributed by atoms with Gasteiger partial charge in [0.2, 0.25) is 11.8 Å². The van der Waals surface area contributed by atoms with Gasteiger partial charge in [0, 0.05) is 50.7 Å². The van der Waals surface area contributed by atoms with E-state index in [4.69, 9.17) is 15.2 Å². The molecule has 1 heterocycles. The number of aliphatic hydroxyl groups excluding tert-OH is 1. The molecule has 0 saturated heterocycles. The van der Waals surface area contributed by atoms with Crippen LogP contribution in [0.2, 0.25) is 0 Å². The minimum Gasteiger partial charge on any atom is -0.490 e. The maximum Gasteiger partial charge on any atom is 0.258 e. The summed E-state index contributed by atoms with van der Waals surface area (Å²) >= 11 is 0. The van der Waals surface area contributed by atoms with Gasteiger partial charge in [-0.3, -0.25) is 14.4 Å². The summed E-state index contributed by atoms with van der Waals surface area (Å²) in [5.41, 5.74) is 7.89. The van der Waals surface area contributed by atoms with E-state index >= 15 is 0 Å². The van der Waals surface area contributed by atoms with Gasteiger partial charge in [0.15, 0.2) is 0 Å². The lowest BCUT2D eigenvalue weighted by Gasteiger charge is -2.36. The quantitative estimate of drug-likeness (QED) is 0.141. The second-order valence-corrected chi connectivity index (χ2v) is 14.4. The van der Waals surface area contributed by atoms with Crippen molar-refractivity contribution < 1.29 is 29.0 Å². The van der Waals surface area contributed by atoms with E-state index in [1.807, 2.05) is 26.0 Å². The van der Waals surface area contributed by atoms with Crippen LogP contribution in [-0.4, -0.2) is 90.8 Å². The number of rotatable bonds is 14. The van der Waals surface area contributed by atoms with Crippen LogP contribution in [0, 0.1) is 11.8 Å². The molecule has 276 valence electrons. The number of nitrogens with zero attached hydrogens (tertiary/aromatic N) is 2. The SMILES string of the molecule is C[C@@H]1CCCCO[C@@H](CN(C)CC2CC2)[C@@H](C)CN([C@H](C)CO)C(=O)c2cc(NC(=O)CCCCCC(=O)Nc3ccccc3N)ccc2O1. The fourth-order valence-electron chi connectivity index (χ4n) is 6.38. The highest BCUT2D eigenvalue weighted by Crippen LogP contribution is 2.31. The molecule has 0 bridgehead atoms. The fraction of sp³-hybridized carbons (Fsp3) is 0.615. The second-order valence-electron chi connectivity index (χ2n) is 14.4. The topological polar surface area (TPSA) is 146 Å². The number of fused-ring (bicyclic) bond motifs is 1. The zero-order valence-electron chi connectivity index (χ0n) is 30.5. The summed E-state index contributed by atoms with van der Waals surface area (Å²) in [6, 6.07) is 11.9. The molecule has 2 aliphatic rings. The van der Waals surface area contributed by atoms with Crippen LogP contribution >= 0.6 is 0 Å². The minimum absolute atomic E-state index is 0.0197. The number of nitrogen functional groups attached to an aromatic ring is 1. The molecule has 3 amide bonds. The number of hydrogen-bond acceptors (Lipinski definition) is 8. The summed E-state index contributed by atoms with van der Waals surface area (Å²) in [5, 5.41) is 16.0. The third-order valence-corrected chi connectivity index (χ3v) is 9.64. The van der Waals surface area contributed by atoms with Crippen molar-refractivity contribution in [1.82, 2.24) is 9.80 Å². The highest BCUT2D eigenvalue weighted by atomic mass is 16.5. The monoisotopic (exact) mass is 693 g/mol. The first kappa shape index (κ1) is 39.1. The zero-order valence-corrected chi connectivity index (χ0v) is 30.5. The van der Waals surface area contributed by atoms with Crippen molar-refractivity contribution in [2.75, 3.05) is 56.3 Å². The largest absolute Gasteiger partial charge is 0.490 e. The number of carbonyl (C=O) groups is 3. The molecule has 50 heavy (non-hydrogen) atoms. The van der Waals surface area contributed by atoms with Crippen LogP contribution in [0.25, 0.3) is 0 Å². The van der Waals surface area contributed by atoms with E-state index in [1.54, 1.807) is 35.2 Å². The summed E-state index contributed by atoms with van der Waals surface area (Å²) in [4.78, 5) is 43.7. The first-order chi connectivity index (χ1) is 24.0. The van der Waals surface area contributed by atoms with Crippen molar-refractivity contribution in [3.05, 3.63) is 48.0 Å². The van der Waals surface area contributed by atoms with Gasteiger partial charge in [0.05, 0.1) is 41.8 Å². The van der Waals surface area contributed by atoms with Gasteiger partial charge in [0.1, 0.15) is 5.75 Å². The summed E-state index contributed by atoms with van der Waals surface area (Å²) in [7, 11) is 2.15. The van der Waals surface area contributed by atoms with E-state index in [1.165, 1.54) is 12.8 Å². The van der Waals surface area contributed by atoms with Gasteiger partial charge in [-0.15, -0.1) is 0 Å². The molecular weight excluding hydrogens is 634 g/mol. The predicted octanol–water partition coefficient (Wildman–Crippen LogP) is 5.93.